The highest BCUT2D eigenvalue weighted by Gasteiger charge is 2.22. The van der Waals surface area contributed by atoms with E-state index in [-0.39, 0.29) is 17.5 Å². The van der Waals surface area contributed by atoms with E-state index in [4.69, 9.17) is 4.74 Å². The van der Waals surface area contributed by atoms with E-state index in [0.717, 1.165) is 0 Å². The Morgan fingerprint density at radius 3 is 2.80 bits per heavy atom. The zero-order chi connectivity index (χ0) is 18.0. The van der Waals surface area contributed by atoms with E-state index in [1.54, 1.807) is 30.3 Å². The van der Waals surface area contributed by atoms with Gasteiger partial charge in [0.2, 0.25) is 0 Å². The summed E-state index contributed by atoms with van der Waals surface area (Å²) in [6, 6.07) is 8.46. The number of sulfone groups is 1. The maximum absolute atomic E-state index is 11.7. The molecule has 1 aromatic carbocycles. The minimum absolute atomic E-state index is 0.107. The van der Waals surface area contributed by atoms with Gasteiger partial charge in [-0.25, -0.2) is 18.4 Å². The molecule has 0 saturated carbocycles. The molecule has 0 unspecified atom stereocenters. The average Bonchev–Trinajstić information content (AvgIpc) is 2.53. The Balaban J connectivity index is 2.07. The molecule has 3 rings (SSSR count). The van der Waals surface area contributed by atoms with E-state index >= 15 is 0 Å². The van der Waals surface area contributed by atoms with Crippen molar-refractivity contribution in [2.24, 2.45) is 0 Å². The fourth-order valence-electron chi connectivity index (χ4n) is 2.81. The fraction of sp³-hybridized carbons (Fsp3) is 0.412. The second-order valence-corrected chi connectivity index (χ2v) is 8.42. The zero-order valence-electron chi connectivity index (χ0n) is 14.2. The van der Waals surface area contributed by atoms with Gasteiger partial charge in [0.15, 0.2) is 15.7 Å². The first-order valence-electron chi connectivity index (χ1n) is 8.01. The van der Waals surface area contributed by atoms with Crippen molar-refractivity contribution >= 4 is 15.7 Å². The van der Waals surface area contributed by atoms with Crippen molar-refractivity contribution in [1.82, 2.24) is 9.97 Å². The van der Waals surface area contributed by atoms with Crippen LogP contribution in [0.3, 0.4) is 0 Å². The number of rotatable bonds is 4. The van der Waals surface area contributed by atoms with Crippen LogP contribution in [0, 0.1) is 0 Å². The lowest BCUT2D eigenvalue weighted by Crippen LogP contribution is -2.44. The average molecular weight is 363 g/mol. The lowest BCUT2D eigenvalue weighted by atomic mass is 10.2. The van der Waals surface area contributed by atoms with Crippen molar-refractivity contribution in [2.45, 2.75) is 18.7 Å². The molecule has 2 heterocycles. The molecule has 1 aliphatic rings. The molecule has 0 amide bonds. The van der Waals surface area contributed by atoms with E-state index in [1.165, 1.54) is 6.26 Å². The molecule has 2 aromatic rings. The van der Waals surface area contributed by atoms with Crippen LogP contribution >= 0.6 is 0 Å². The third-order valence-electron chi connectivity index (χ3n) is 3.94. The number of ether oxygens (including phenoxy) is 1. The highest BCUT2D eigenvalue weighted by molar-refractivity contribution is 7.89. The van der Waals surface area contributed by atoms with E-state index in [2.05, 4.69) is 14.9 Å². The summed E-state index contributed by atoms with van der Waals surface area (Å²) in [6.07, 6.45) is 1.18. The number of aromatic hydroxyl groups is 1. The number of hydrogen-bond acceptors (Lipinski definition) is 7. The molecule has 25 heavy (non-hydrogen) atoms. The van der Waals surface area contributed by atoms with Gasteiger partial charge in [0, 0.05) is 24.4 Å². The van der Waals surface area contributed by atoms with Gasteiger partial charge < -0.3 is 14.7 Å². The molecular formula is C17H21N3O4S. The first kappa shape index (κ1) is 17.6. The number of nitrogens with zero attached hydrogens (tertiary/aromatic N) is 3. The number of anilines is 1. The van der Waals surface area contributed by atoms with Gasteiger partial charge in [0.1, 0.15) is 11.6 Å². The predicted molar refractivity (Wildman–Crippen MR) is 95.3 cm³/mol. The molecule has 1 fully saturated rings. The quantitative estimate of drug-likeness (QED) is 0.882. The van der Waals surface area contributed by atoms with Gasteiger partial charge >= 0.3 is 0 Å². The molecule has 8 heteroatoms. The summed E-state index contributed by atoms with van der Waals surface area (Å²) in [6.45, 7) is 3.89. The molecule has 0 radical (unpaired) electrons. The number of hydrogen-bond donors (Lipinski definition) is 1. The molecule has 1 aliphatic heterocycles. The standard InChI is InChI=1S/C17H21N3O4S/c1-12-10-24-7-6-20(12)16-9-14(11-25(2,22)23)18-17(19-16)13-4-3-5-15(21)8-13/h3-5,8-9,12,21H,6-7,10-11H2,1-2H3/t12-/m0/s1. The van der Waals surface area contributed by atoms with Crippen LogP contribution in [0.15, 0.2) is 30.3 Å². The van der Waals surface area contributed by atoms with E-state index < -0.39 is 9.84 Å². The minimum atomic E-state index is -3.23. The van der Waals surface area contributed by atoms with Crippen LogP contribution in [0.5, 0.6) is 5.75 Å². The van der Waals surface area contributed by atoms with Crippen LogP contribution in [-0.4, -0.2) is 55.5 Å². The largest absolute Gasteiger partial charge is 0.508 e. The lowest BCUT2D eigenvalue weighted by Gasteiger charge is -2.34. The third kappa shape index (κ3) is 4.46. The molecule has 1 saturated heterocycles. The van der Waals surface area contributed by atoms with Crippen molar-refractivity contribution < 1.29 is 18.3 Å². The van der Waals surface area contributed by atoms with Gasteiger partial charge in [0.25, 0.3) is 0 Å². The molecule has 0 spiro atoms. The lowest BCUT2D eigenvalue weighted by molar-refractivity contribution is 0.0985. The van der Waals surface area contributed by atoms with Gasteiger partial charge in [0.05, 0.1) is 30.7 Å². The molecule has 0 aliphatic carbocycles. The maximum Gasteiger partial charge on any atom is 0.161 e. The van der Waals surface area contributed by atoms with Crippen LogP contribution in [0.1, 0.15) is 12.6 Å². The molecule has 1 atom stereocenters. The van der Waals surface area contributed by atoms with Crippen molar-refractivity contribution in [2.75, 3.05) is 30.9 Å². The number of morpholine rings is 1. The Bertz CT molecular complexity index is 870. The van der Waals surface area contributed by atoms with Crippen molar-refractivity contribution in [3.05, 3.63) is 36.0 Å². The van der Waals surface area contributed by atoms with Crippen LogP contribution in [0.2, 0.25) is 0 Å². The molecule has 0 bridgehead atoms. The number of phenols is 1. The van der Waals surface area contributed by atoms with Gasteiger partial charge in [-0.15, -0.1) is 0 Å². The topological polar surface area (TPSA) is 92.6 Å². The van der Waals surface area contributed by atoms with E-state index in [9.17, 15) is 13.5 Å². The van der Waals surface area contributed by atoms with Crippen LogP contribution in [0.4, 0.5) is 5.82 Å². The van der Waals surface area contributed by atoms with Gasteiger partial charge in [-0.3, -0.25) is 0 Å². The molecular weight excluding hydrogens is 342 g/mol. The normalized spacial score (nSPS) is 18.3. The van der Waals surface area contributed by atoms with E-state index in [0.29, 0.717) is 42.7 Å². The van der Waals surface area contributed by atoms with Gasteiger partial charge in [-0.05, 0) is 19.1 Å². The Morgan fingerprint density at radius 1 is 1.32 bits per heavy atom. The Labute approximate surface area is 147 Å². The van der Waals surface area contributed by atoms with Gasteiger partial charge in [-0.1, -0.05) is 12.1 Å². The van der Waals surface area contributed by atoms with Crippen LogP contribution in [-0.2, 0) is 20.3 Å². The maximum atomic E-state index is 11.7. The Hall–Kier alpha value is -2.19. The smallest absolute Gasteiger partial charge is 0.161 e. The number of aromatic nitrogens is 2. The second kappa shape index (κ2) is 6.97. The van der Waals surface area contributed by atoms with Crippen molar-refractivity contribution in [1.29, 1.82) is 0 Å². The zero-order valence-corrected chi connectivity index (χ0v) is 15.0. The highest BCUT2D eigenvalue weighted by Crippen LogP contribution is 2.25. The first-order chi connectivity index (χ1) is 11.8. The molecule has 7 nitrogen and oxygen atoms in total. The fourth-order valence-corrected chi connectivity index (χ4v) is 3.50. The third-order valence-corrected chi connectivity index (χ3v) is 4.76. The summed E-state index contributed by atoms with van der Waals surface area (Å²) in [4.78, 5) is 11.1. The van der Waals surface area contributed by atoms with Crippen molar-refractivity contribution in [3.8, 4) is 17.1 Å². The van der Waals surface area contributed by atoms with Crippen molar-refractivity contribution in [3.63, 3.8) is 0 Å². The Kier molecular flexibility index (Phi) is 4.91. The SMILES string of the molecule is C[C@H]1COCCN1c1cc(CS(C)(=O)=O)nc(-c2cccc(O)c2)n1. The second-order valence-electron chi connectivity index (χ2n) is 6.28. The molecule has 1 N–H and O–H groups in total. The summed E-state index contributed by atoms with van der Waals surface area (Å²) in [7, 11) is -3.23. The number of phenolic OH excluding ortho intramolecular Hbond substituents is 1. The molecule has 134 valence electrons. The highest BCUT2D eigenvalue weighted by atomic mass is 32.2. The Morgan fingerprint density at radius 2 is 2.12 bits per heavy atom. The van der Waals surface area contributed by atoms with Crippen LogP contribution < -0.4 is 4.90 Å². The predicted octanol–water partition coefficient (Wildman–Crippen LogP) is 1.62. The number of benzene rings is 1. The first-order valence-corrected chi connectivity index (χ1v) is 10.1. The monoisotopic (exact) mass is 363 g/mol. The summed E-state index contributed by atoms with van der Waals surface area (Å²) in [5.41, 5.74) is 1.07. The summed E-state index contributed by atoms with van der Waals surface area (Å²) in [5, 5.41) is 9.71. The summed E-state index contributed by atoms with van der Waals surface area (Å²) >= 11 is 0. The van der Waals surface area contributed by atoms with Gasteiger partial charge in [-0.2, -0.15) is 0 Å². The summed E-state index contributed by atoms with van der Waals surface area (Å²) in [5.74, 6) is 1.01. The summed E-state index contributed by atoms with van der Waals surface area (Å²) < 4.78 is 28.9. The van der Waals surface area contributed by atoms with Crippen LogP contribution in [0.25, 0.3) is 11.4 Å². The van der Waals surface area contributed by atoms with E-state index in [1.807, 2.05) is 6.92 Å². The minimum Gasteiger partial charge on any atom is -0.508 e. The molecule has 1 aromatic heterocycles.